The predicted octanol–water partition coefficient (Wildman–Crippen LogP) is 1.58. The first kappa shape index (κ1) is 10.4. The molecule has 0 atom stereocenters. The van der Waals surface area contributed by atoms with Crippen LogP contribution in [0.4, 0.5) is 0 Å². The first-order valence-corrected chi connectivity index (χ1v) is 3.53. The minimum Gasteiger partial charge on any atom is -0.466 e. The second-order valence-corrected chi connectivity index (χ2v) is 2.15. The molecule has 0 aromatic heterocycles. The molecule has 0 aliphatic heterocycles. The Labute approximate surface area is 71.9 Å². The molecule has 0 amide bonds. The Morgan fingerprint density at radius 3 is 2.67 bits per heavy atom. The third-order valence-electron chi connectivity index (χ3n) is 1.32. The molecule has 0 unspecified atom stereocenters. The summed E-state index contributed by atoms with van der Waals surface area (Å²) in [6.07, 6.45) is 1.97. The van der Waals surface area contributed by atoms with Gasteiger partial charge in [-0.25, -0.2) is 4.79 Å². The van der Waals surface area contributed by atoms with Crippen LogP contribution in [-0.2, 0) is 9.53 Å². The smallest absolute Gasteiger partial charge is 0.333 e. The van der Waals surface area contributed by atoms with E-state index < -0.39 is 5.97 Å². The van der Waals surface area contributed by atoms with Gasteiger partial charge in [0.1, 0.15) is 0 Å². The maximum Gasteiger partial charge on any atom is 0.333 e. The second-order valence-electron chi connectivity index (χ2n) is 2.15. The third-order valence-corrected chi connectivity index (χ3v) is 1.32. The van der Waals surface area contributed by atoms with E-state index in [1.54, 1.807) is 0 Å². The molecule has 0 radical (unpaired) electrons. The van der Waals surface area contributed by atoms with Crippen molar-refractivity contribution in [3.8, 4) is 6.07 Å². The molecule has 0 saturated heterocycles. The molecule has 0 heterocycles. The summed E-state index contributed by atoms with van der Waals surface area (Å²) >= 11 is 0. The van der Waals surface area contributed by atoms with Crippen LogP contribution in [0.3, 0.4) is 0 Å². The fourth-order valence-corrected chi connectivity index (χ4v) is 0.679. The van der Waals surface area contributed by atoms with Gasteiger partial charge in [-0.15, -0.1) is 0 Å². The van der Waals surface area contributed by atoms with Crippen LogP contribution in [0.1, 0.15) is 13.3 Å². The van der Waals surface area contributed by atoms with Gasteiger partial charge in [0.15, 0.2) is 0 Å². The van der Waals surface area contributed by atoms with E-state index in [0.717, 1.165) is 0 Å². The lowest BCUT2D eigenvalue weighted by Gasteiger charge is -1.99. The van der Waals surface area contributed by atoms with E-state index in [2.05, 4.69) is 11.3 Å². The quantitative estimate of drug-likeness (QED) is 0.276. The summed E-state index contributed by atoms with van der Waals surface area (Å²) in [5.74, 6) is -0.408. The molecule has 0 bridgehead atoms. The van der Waals surface area contributed by atoms with Gasteiger partial charge in [-0.3, -0.25) is 0 Å². The molecule has 64 valence electrons. The van der Waals surface area contributed by atoms with Crippen molar-refractivity contribution in [2.45, 2.75) is 13.3 Å². The first-order chi connectivity index (χ1) is 5.65. The highest BCUT2D eigenvalue weighted by atomic mass is 16.5. The van der Waals surface area contributed by atoms with Crippen LogP contribution < -0.4 is 0 Å². The van der Waals surface area contributed by atoms with Crippen molar-refractivity contribution in [1.82, 2.24) is 0 Å². The average molecular weight is 165 g/mol. The third kappa shape index (κ3) is 3.02. The Hall–Kier alpha value is -1.56. The number of methoxy groups -OCH3 is 1. The van der Waals surface area contributed by atoms with Gasteiger partial charge >= 0.3 is 5.97 Å². The van der Waals surface area contributed by atoms with Crippen molar-refractivity contribution in [3.63, 3.8) is 0 Å². The lowest BCUT2D eigenvalue weighted by atomic mass is 10.1. The van der Waals surface area contributed by atoms with E-state index in [1.165, 1.54) is 13.2 Å². The summed E-state index contributed by atoms with van der Waals surface area (Å²) in [6.45, 7) is 5.25. The number of nitriles is 1. The number of hydrogen-bond donors (Lipinski definition) is 0. The molecule has 3 nitrogen and oxygen atoms in total. The summed E-state index contributed by atoms with van der Waals surface area (Å²) in [5.41, 5.74) is 0.723. The minimum absolute atomic E-state index is 0.261. The fraction of sp³-hybridized carbons (Fsp3) is 0.333. The van der Waals surface area contributed by atoms with Crippen molar-refractivity contribution in [3.05, 3.63) is 23.8 Å². The van der Waals surface area contributed by atoms with Crippen LogP contribution in [0.5, 0.6) is 0 Å². The predicted molar refractivity (Wildman–Crippen MR) is 45.1 cm³/mol. The second kappa shape index (κ2) is 5.14. The van der Waals surface area contributed by atoms with E-state index in [0.29, 0.717) is 12.0 Å². The summed E-state index contributed by atoms with van der Waals surface area (Å²) in [7, 11) is 1.31. The van der Waals surface area contributed by atoms with Crippen LogP contribution in [0.25, 0.3) is 0 Å². The zero-order valence-electron chi connectivity index (χ0n) is 7.26. The van der Waals surface area contributed by atoms with Crippen molar-refractivity contribution < 1.29 is 9.53 Å². The van der Waals surface area contributed by atoms with Gasteiger partial charge in [-0.05, 0) is 12.5 Å². The highest BCUT2D eigenvalue weighted by Crippen LogP contribution is 2.06. The molecule has 12 heavy (non-hydrogen) atoms. The summed E-state index contributed by atoms with van der Waals surface area (Å²) in [6, 6.07) is 1.83. The Bertz CT molecular complexity index is 258. The van der Waals surface area contributed by atoms with E-state index in [9.17, 15) is 4.79 Å². The Kier molecular flexibility index (Phi) is 4.47. The molecule has 0 aromatic carbocycles. The number of rotatable bonds is 3. The minimum atomic E-state index is -0.408. The Morgan fingerprint density at radius 1 is 1.75 bits per heavy atom. The van der Waals surface area contributed by atoms with Crippen LogP contribution in [-0.4, -0.2) is 13.1 Å². The van der Waals surface area contributed by atoms with Crippen molar-refractivity contribution >= 4 is 5.97 Å². The molecule has 0 aliphatic carbocycles. The topological polar surface area (TPSA) is 50.1 Å². The largest absolute Gasteiger partial charge is 0.466 e. The number of carbonyl (C=O) groups excluding carboxylic acids is 1. The molecule has 0 aliphatic rings. The lowest BCUT2D eigenvalue weighted by molar-refractivity contribution is -0.136. The number of hydrogen-bond acceptors (Lipinski definition) is 3. The molecule has 3 heteroatoms. The van der Waals surface area contributed by atoms with E-state index in [4.69, 9.17) is 5.26 Å². The maximum atomic E-state index is 11.0. The standard InChI is InChI=1S/C9H11NO2/c1-4-8(9(11)12-3)5-7(2)6-10/h5H,2,4H2,1,3H3/b8-5+. The van der Waals surface area contributed by atoms with Crippen molar-refractivity contribution in [2.75, 3.05) is 7.11 Å². The van der Waals surface area contributed by atoms with Crippen LogP contribution in [0.15, 0.2) is 23.8 Å². The van der Waals surface area contributed by atoms with E-state index >= 15 is 0 Å². The summed E-state index contributed by atoms with van der Waals surface area (Å²) < 4.78 is 4.49. The molecular formula is C9H11NO2. The van der Waals surface area contributed by atoms with Crippen LogP contribution >= 0.6 is 0 Å². The normalized spacial score (nSPS) is 10.2. The number of nitrogens with zero attached hydrogens (tertiary/aromatic N) is 1. The molecule has 0 N–H and O–H groups in total. The van der Waals surface area contributed by atoms with Crippen molar-refractivity contribution in [2.24, 2.45) is 0 Å². The monoisotopic (exact) mass is 165 g/mol. The highest BCUT2D eigenvalue weighted by Gasteiger charge is 2.06. The lowest BCUT2D eigenvalue weighted by Crippen LogP contribution is -2.03. The fourth-order valence-electron chi connectivity index (χ4n) is 0.679. The zero-order chi connectivity index (χ0) is 9.56. The Balaban J connectivity index is 4.57. The van der Waals surface area contributed by atoms with Gasteiger partial charge in [0.2, 0.25) is 0 Å². The maximum absolute atomic E-state index is 11.0. The number of carbonyl (C=O) groups is 1. The highest BCUT2D eigenvalue weighted by molar-refractivity contribution is 5.89. The van der Waals surface area contributed by atoms with E-state index in [1.807, 2.05) is 13.0 Å². The SMILES string of the molecule is C=C(C#N)/C=C(\CC)C(=O)OC. The van der Waals surface area contributed by atoms with Gasteiger partial charge < -0.3 is 4.74 Å². The summed E-state index contributed by atoms with van der Waals surface area (Å²) in [4.78, 5) is 11.0. The van der Waals surface area contributed by atoms with Crippen LogP contribution in [0.2, 0.25) is 0 Å². The molecule has 0 rings (SSSR count). The number of ether oxygens (including phenoxy) is 1. The molecule has 0 spiro atoms. The molecular weight excluding hydrogens is 154 g/mol. The molecule has 0 saturated carbocycles. The van der Waals surface area contributed by atoms with Gasteiger partial charge in [0, 0.05) is 11.1 Å². The first-order valence-electron chi connectivity index (χ1n) is 3.53. The van der Waals surface area contributed by atoms with Gasteiger partial charge in [0.25, 0.3) is 0 Å². The van der Waals surface area contributed by atoms with E-state index in [-0.39, 0.29) is 5.57 Å². The average Bonchev–Trinajstić information content (AvgIpc) is 2.12. The number of allylic oxidation sites excluding steroid dienone is 2. The van der Waals surface area contributed by atoms with Gasteiger partial charge in [-0.2, -0.15) is 5.26 Å². The number of esters is 1. The molecule has 0 aromatic rings. The molecule has 0 fully saturated rings. The van der Waals surface area contributed by atoms with Gasteiger partial charge in [0.05, 0.1) is 13.2 Å². The Morgan fingerprint density at radius 2 is 2.33 bits per heavy atom. The van der Waals surface area contributed by atoms with Crippen molar-refractivity contribution in [1.29, 1.82) is 5.26 Å². The zero-order valence-corrected chi connectivity index (χ0v) is 7.26. The summed E-state index contributed by atoms with van der Waals surface area (Å²) in [5, 5.41) is 8.39. The van der Waals surface area contributed by atoms with Gasteiger partial charge in [-0.1, -0.05) is 13.5 Å². The van der Waals surface area contributed by atoms with Crippen LogP contribution in [0, 0.1) is 11.3 Å².